The molecule has 0 aliphatic heterocycles. The number of nitrogens with zero attached hydrogens (tertiary/aromatic N) is 1. The maximum atomic E-state index is 5.94. The molecule has 0 unspecified atom stereocenters. The Balaban J connectivity index is 2.29. The molecule has 0 saturated carbocycles. The molecule has 0 radical (unpaired) electrons. The number of nitrogens with one attached hydrogen (secondary N) is 1. The average molecular weight is 209 g/mol. The van der Waals surface area contributed by atoms with Gasteiger partial charge in [0, 0.05) is 11.6 Å². The van der Waals surface area contributed by atoms with Crippen LogP contribution >= 0.6 is 0 Å². The van der Waals surface area contributed by atoms with Gasteiger partial charge in [-0.15, -0.1) is 0 Å². The van der Waals surface area contributed by atoms with Crippen LogP contribution in [0.2, 0.25) is 0 Å². The number of nitrogens with two attached hydrogens (primary N) is 1. The molecule has 0 aliphatic rings. The van der Waals surface area contributed by atoms with Gasteiger partial charge in [-0.1, -0.05) is 24.3 Å². The molecular weight excluding hydrogens is 198 g/mol. The van der Waals surface area contributed by atoms with E-state index in [2.05, 4.69) is 9.97 Å². The molecular formula is C13H11N3. The molecule has 3 rings (SSSR count). The SMILES string of the molecule is Nc1nc(-c2ccc[nH]2)cc2ccccc12. The minimum Gasteiger partial charge on any atom is -0.383 e. The molecule has 0 spiro atoms. The summed E-state index contributed by atoms with van der Waals surface area (Å²) in [6, 6.07) is 14.0. The topological polar surface area (TPSA) is 54.7 Å². The largest absolute Gasteiger partial charge is 0.383 e. The number of hydrogen-bond donors (Lipinski definition) is 2. The van der Waals surface area contributed by atoms with Crippen LogP contribution in [-0.2, 0) is 0 Å². The second-order valence-corrected chi connectivity index (χ2v) is 3.70. The number of fused-ring (bicyclic) bond motifs is 1. The maximum Gasteiger partial charge on any atom is 0.132 e. The van der Waals surface area contributed by atoms with Gasteiger partial charge in [0.1, 0.15) is 5.82 Å². The second-order valence-electron chi connectivity index (χ2n) is 3.70. The van der Waals surface area contributed by atoms with Crippen LogP contribution in [0.15, 0.2) is 48.7 Å². The van der Waals surface area contributed by atoms with Gasteiger partial charge in [-0.05, 0) is 23.6 Å². The molecule has 0 atom stereocenters. The monoisotopic (exact) mass is 209 g/mol. The van der Waals surface area contributed by atoms with Crippen molar-refractivity contribution < 1.29 is 0 Å². The van der Waals surface area contributed by atoms with Gasteiger partial charge in [-0.3, -0.25) is 0 Å². The van der Waals surface area contributed by atoms with E-state index < -0.39 is 0 Å². The Hall–Kier alpha value is -2.29. The first-order valence-electron chi connectivity index (χ1n) is 5.13. The first-order chi connectivity index (χ1) is 7.84. The molecule has 0 amide bonds. The number of aromatic amines is 1. The van der Waals surface area contributed by atoms with Crippen LogP contribution in [0, 0.1) is 0 Å². The van der Waals surface area contributed by atoms with Crippen molar-refractivity contribution in [3.63, 3.8) is 0 Å². The van der Waals surface area contributed by atoms with Gasteiger partial charge >= 0.3 is 0 Å². The fraction of sp³-hybridized carbons (Fsp3) is 0. The summed E-state index contributed by atoms with van der Waals surface area (Å²) in [6.45, 7) is 0. The van der Waals surface area contributed by atoms with E-state index in [1.165, 1.54) is 0 Å². The summed E-state index contributed by atoms with van der Waals surface area (Å²) in [4.78, 5) is 7.52. The number of rotatable bonds is 1. The molecule has 2 aromatic heterocycles. The number of nitrogen functional groups attached to an aromatic ring is 1. The van der Waals surface area contributed by atoms with E-state index in [4.69, 9.17) is 5.73 Å². The van der Waals surface area contributed by atoms with Crippen LogP contribution in [0.3, 0.4) is 0 Å². The Morgan fingerprint density at radius 1 is 1.06 bits per heavy atom. The summed E-state index contributed by atoms with van der Waals surface area (Å²) >= 11 is 0. The van der Waals surface area contributed by atoms with Crippen molar-refractivity contribution >= 4 is 16.6 Å². The average Bonchev–Trinajstić information content (AvgIpc) is 2.82. The minimum atomic E-state index is 0.572. The summed E-state index contributed by atoms with van der Waals surface area (Å²) in [5.41, 5.74) is 7.80. The molecule has 3 nitrogen and oxygen atoms in total. The van der Waals surface area contributed by atoms with Crippen molar-refractivity contribution in [2.24, 2.45) is 0 Å². The first kappa shape index (κ1) is 8.97. The number of aromatic nitrogens is 2. The third-order valence-corrected chi connectivity index (χ3v) is 2.64. The Bertz CT molecular complexity index is 627. The highest BCUT2D eigenvalue weighted by Crippen LogP contribution is 2.24. The predicted octanol–water partition coefficient (Wildman–Crippen LogP) is 2.81. The fourth-order valence-electron chi connectivity index (χ4n) is 1.85. The molecule has 0 fully saturated rings. The van der Waals surface area contributed by atoms with Gasteiger partial charge in [0.15, 0.2) is 0 Å². The highest BCUT2D eigenvalue weighted by atomic mass is 14.9. The number of H-pyrrole nitrogens is 1. The van der Waals surface area contributed by atoms with E-state index in [1.54, 1.807) is 0 Å². The fourth-order valence-corrected chi connectivity index (χ4v) is 1.85. The van der Waals surface area contributed by atoms with Gasteiger partial charge in [0.2, 0.25) is 0 Å². The Labute approximate surface area is 92.9 Å². The normalized spacial score (nSPS) is 10.8. The zero-order valence-corrected chi connectivity index (χ0v) is 8.64. The van der Waals surface area contributed by atoms with Gasteiger partial charge in [-0.2, -0.15) is 0 Å². The summed E-state index contributed by atoms with van der Waals surface area (Å²) in [5, 5.41) is 2.11. The summed E-state index contributed by atoms with van der Waals surface area (Å²) in [6.07, 6.45) is 1.88. The lowest BCUT2D eigenvalue weighted by Gasteiger charge is -2.04. The van der Waals surface area contributed by atoms with E-state index in [1.807, 2.05) is 48.7 Å². The molecule has 0 aliphatic carbocycles. The number of anilines is 1. The number of pyridine rings is 1. The molecule has 16 heavy (non-hydrogen) atoms. The van der Waals surface area contributed by atoms with Crippen molar-refractivity contribution in [2.75, 3.05) is 5.73 Å². The standard InChI is InChI=1S/C13H11N3/c14-13-10-5-2-1-4-9(10)8-12(16-13)11-6-3-7-15-11/h1-8,15H,(H2,14,16). The van der Waals surface area contributed by atoms with E-state index in [-0.39, 0.29) is 0 Å². The number of hydrogen-bond acceptors (Lipinski definition) is 2. The molecule has 3 N–H and O–H groups in total. The van der Waals surface area contributed by atoms with Crippen LogP contribution < -0.4 is 5.73 Å². The Kier molecular flexibility index (Phi) is 1.90. The zero-order valence-electron chi connectivity index (χ0n) is 8.64. The maximum absolute atomic E-state index is 5.94. The van der Waals surface area contributed by atoms with Crippen LogP contribution in [0.1, 0.15) is 0 Å². The molecule has 3 heteroatoms. The second kappa shape index (κ2) is 3.38. The number of benzene rings is 1. The Morgan fingerprint density at radius 3 is 2.75 bits per heavy atom. The first-order valence-corrected chi connectivity index (χ1v) is 5.13. The zero-order chi connectivity index (χ0) is 11.0. The van der Waals surface area contributed by atoms with Crippen molar-refractivity contribution in [1.29, 1.82) is 0 Å². The molecule has 0 saturated heterocycles. The van der Waals surface area contributed by atoms with Gasteiger partial charge in [-0.25, -0.2) is 4.98 Å². The molecule has 2 heterocycles. The van der Waals surface area contributed by atoms with E-state index in [9.17, 15) is 0 Å². The third-order valence-electron chi connectivity index (χ3n) is 2.64. The molecule has 0 bridgehead atoms. The quantitative estimate of drug-likeness (QED) is 0.647. The summed E-state index contributed by atoms with van der Waals surface area (Å²) in [5.74, 6) is 0.572. The molecule has 1 aromatic carbocycles. The van der Waals surface area contributed by atoms with Crippen LogP contribution in [-0.4, -0.2) is 9.97 Å². The highest BCUT2D eigenvalue weighted by Gasteiger charge is 2.04. The van der Waals surface area contributed by atoms with Gasteiger partial charge in [0.05, 0.1) is 11.4 Å². The minimum absolute atomic E-state index is 0.572. The van der Waals surface area contributed by atoms with Crippen molar-refractivity contribution in [3.8, 4) is 11.4 Å². The van der Waals surface area contributed by atoms with Crippen molar-refractivity contribution in [2.45, 2.75) is 0 Å². The van der Waals surface area contributed by atoms with E-state index in [0.717, 1.165) is 22.2 Å². The van der Waals surface area contributed by atoms with Crippen LogP contribution in [0.4, 0.5) is 5.82 Å². The predicted molar refractivity (Wildman–Crippen MR) is 65.9 cm³/mol. The van der Waals surface area contributed by atoms with Gasteiger partial charge in [0.25, 0.3) is 0 Å². The van der Waals surface area contributed by atoms with Gasteiger partial charge < -0.3 is 10.7 Å². The van der Waals surface area contributed by atoms with E-state index in [0.29, 0.717) is 5.82 Å². The van der Waals surface area contributed by atoms with Crippen LogP contribution in [0.25, 0.3) is 22.2 Å². The van der Waals surface area contributed by atoms with E-state index >= 15 is 0 Å². The highest BCUT2D eigenvalue weighted by molar-refractivity contribution is 5.93. The lowest BCUT2D eigenvalue weighted by molar-refractivity contribution is 1.30. The lowest BCUT2D eigenvalue weighted by atomic mass is 10.1. The molecule has 78 valence electrons. The summed E-state index contributed by atoms with van der Waals surface area (Å²) < 4.78 is 0. The Morgan fingerprint density at radius 2 is 1.94 bits per heavy atom. The lowest BCUT2D eigenvalue weighted by Crippen LogP contribution is -1.94. The summed E-state index contributed by atoms with van der Waals surface area (Å²) in [7, 11) is 0. The van der Waals surface area contributed by atoms with Crippen LogP contribution in [0.5, 0.6) is 0 Å². The van der Waals surface area contributed by atoms with Crippen molar-refractivity contribution in [1.82, 2.24) is 9.97 Å². The third kappa shape index (κ3) is 1.34. The molecule has 3 aromatic rings. The van der Waals surface area contributed by atoms with Crippen molar-refractivity contribution in [3.05, 3.63) is 48.7 Å². The smallest absolute Gasteiger partial charge is 0.132 e.